The number of nitrogens with one attached hydrogen (secondary N) is 2. The first kappa shape index (κ1) is 22.7. The van der Waals surface area contributed by atoms with E-state index in [4.69, 9.17) is 16.3 Å². The number of carbonyl (C=O) groups is 3. The zero-order valence-electron chi connectivity index (χ0n) is 17.2. The van der Waals surface area contributed by atoms with Crippen molar-refractivity contribution in [2.24, 2.45) is 5.10 Å². The van der Waals surface area contributed by atoms with Crippen LogP contribution in [0, 0.1) is 6.92 Å². The van der Waals surface area contributed by atoms with Gasteiger partial charge in [-0.2, -0.15) is 5.10 Å². The van der Waals surface area contributed by atoms with Gasteiger partial charge in [0.1, 0.15) is 5.75 Å². The summed E-state index contributed by atoms with van der Waals surface area (Å²) in [6.07, 6.45) is 1.43. The van der Waals surface area contributed by atoms with Gasteiger partial charge >= 0.3 is 5.97 Å². The number of hydrazone groups is 1. The van der Waals surface area contributed by atoms with Gasteiger partial charge in [-0.3, -0.25) is 9.59 Å². The number of hydrogen-bond acceptors (Lipinski definition) is 5. The van der Waals surface area contributed by atoms with Crippen LogP contribution in [0.25, 0.3) is 0 Å². The van der Waals surface area contributed by atoms with E-state index in [1.807, 2.05) is 19.1 Å². The van der Waals surface area contributed by atoms with Crippen molar-refractivity contribution < 1.29 is 19.1 Å². The molecule has 0 aliphatic carbocycles. The molecule has 0 saturated carbocycles. The van der Waals surface area contributed by atoms with E-state index in [2.05, 4.69) is 15.8 Å². The highest BCUT2D eigenvalue weighted by atomic mass is 35.5. The Bertz CT molecular complexity index is 1160. The van der Waals surface area contributed by atoms with Crippen LogP contribution in [0.3, 0.4) is 0 Å². The average Bonchev–Trinajstić information content (AvgIpc) is 2.79. The molecule has 0 spiro atoms. The highest BCUT2D eigenvalue weighted by Crippen LogP contribution is 2.16. The van der Waals surface area contributed by atoms with Crippen LogP contribution in [0.2, 0.25) is 5.02 Å². The lowest BCUT2D eigenvalue weighted by Gasteiger charge is -2.06. The van der Waals surface area contributed by atoms with Gasteiger partial charge in [-0.05, 0) is 66.6 Å². The predicted octanol–water partition coefficient (Wildman–Crippen LogP) is 3.75. The Morgan fingerprint density at radius 3 is 2.47 bits per heavy atom. The molecule has 2 amide bonds. The molecule has 0 fully saturated rings. The standard InChI is InChI=1S/C24H20ClN3O4/c1-16-5-2-3-8-21(16)23(30)26-15-22(29)28-27-14-17-9-11-20(12-10-17)32-24(31)18-6-4-7-19(25)13-18/h2-14H,15H2,1H3,(H,26,30)(H,28,29)/b27-14+. The van der Waals surface area contributed by atoms with E-state index in [1.165, 1.54) is 12.3 Å². The van der Waals surface area contributed by atoms with E-state index in [-0.39, 0.29) is 12.5 Å². The molecule has 0 aromatic heterocycles. The Morgan fingerprint density at radius 1 is 1.00 bits per heavy atom. The van der Waals surface area contributed by atoms with E-state index in [1.54, 1.807) is 54.6 Å². The molecule has 162 valence electrons. The quantitative estimate of drug-likeness (QED) is 0.248. The van der Waals surface area contributed by atoms with Crippen molar-refractivity contribution in [3.8, 4) is 5.75 Å². The van der Waals surface area contributed by atoms with Gasteiger partial charge in [0.15, 0.2) is 0 Å². The predicted molar refractivity (Wildman–Crippen MR) is 122 cm³/mol. The van der Waals surface area contributed by atoms with Gasteiger partial charge in [-0.1, -0.05) is 35.9 Å². The molecule has 0 radical (unpaired) electrons. The second kappa shape index (κ2) is 10.9. The molecule has 0 aliphatic heterocycles. The van der Waals surface area contributed by atoms with Crippen molar-refractivity contribution in [2.45, 2.75) is 6.92 Å². The lowest BCUT2D eigenvalue weighted by molar-refractivity contribution is -0.120. The van der Waals surface area contributed by atoms with Gasteiger partial charge in [0.2, 0.25) is 0 Å². The number of hydrogen-bond donors (Lipinski definition) is 2. The molecule has 0 heterocycles. The third-order valence-electron chi connectivity index (χ3n) is 4.35. The van der Waals surface area contributed by atoms with E-state index >= 15 is 0 Å². The van der Waals surface area contributed by atoms with Crippen LogP contribution in [0.15, 0.2) is 77.9 Å². The summed E-state index contributed by atoms with van der Waals surface area (Å²) < 4.78 is 5.30. The number of amides is 2. The number of carbonyl (C=O) groups excluding carboxylic acids is 3. The van der Waals surface area contributed by atoms with Gasteiger partial charge in [-0.15, -0.1) is 0 Å². The summed E-state index contributed by atoms with van der Waals surface area (Å²) in [4.78, 5) is 36.1. The van der Waals surface area contributed by atoms with Crippen LogP contribution < -0.4 is 15.5 Å². The number of esters is 1. The topological polar surface area (TPSA) is 96.9 Å². The van der Waals surface area contributed by atoms with Gasteiger partial charge in [0.25, 0.3) is 11.8 Å². The zero-order chi connectivity index (χ0) is 22.9. The molecule has 3 aromatic rings. The summed E-state index contributed by atoms with van der Waals surface area (Å²) in [6, 6.07) is 20.1. The summed E-state index contributed by atoms with van der Waals surface area (Å²) in [5, 5.41) is 6.86. The number of halogens is 1. The van der Waals surface area contributed by atoms with Crippen LogP contribution in [-0.4, -0.2) is 30.5 Å². The Labute approximate surface area is 190 Å². The fourth-order valence-corrected chi connectivity index (χ4v) is 2.90. The summed E-state index contributed by atoms with van der Waals surface area (Å²) in [6.45, 7) is 1.62. The summed E-state index contributed by atoms with van der Waals surface area (Å²) in [5.74, 6) is -0.954. The normalized spacial score (nSPS) is 10.6. The minimum atomic E-state index is -0.520. The fraction of sp³-hybridized carbons (Fsp3) is 0.0833. The second-order valence-electron chi connectivity index (χ2n) is 6.76. The smallest absolute Gasteiger partial charge is 0.343 e. The maximum Gasteiger partial charge on any atom is 0.343 e. The first-order chi connectivity index (χ1) is 15.4. The van der Waals surface area contributed by atoms with E-state index < -0.39 is 11.9 Å². The van der Waals surface area contributed by atoms with Gasteiger partial charge in [0.05, 0.1) is 18.3 Å². The first-order valence-electron chi connectivity index (χ1n) is 9.66. The van der Waals surface area contributed by atoms with E-state index in [9.17, 15) is 14.4 Å². The number of rotatable bonds is 7. The van der Waals surface area contributed by atoms with Crippen LogP contribution >= 0.6 is 11.6 Å². The van der Waals surface area contributed by atoms with E-state index in [0.29, 0.717) is 27.5 Å². The van der Waals surface area contributed by atoms with Crippen molar-refractivity contribution in [1.82, 2.24) is 10.7 Å². The summed E-state index contributed by atoms with van der Waals surface area (Å²) in [5.41, 5.74) is 4.71. The van der Waals surface area contributed by atoms with Gasteiger partial charge < -0.3 is 10.1 Å². The fourth-order valence-electron chi connectivity index (χ4n) is 2.71. The highest BCUT2D eigenvalue weighted by molar-refractivity contribution is 6.30. The van der Waals surface area contributed by atoms with Crippen molar-refractivity contribution in [3.05, 3.63) is 100 Å². The number of benzene rings is 3. The molecule has 0 atom stereocenters. The zero-order valence-corrected chi connectivity index (χ0v) is 17.9. The molecule has 32 heavy (non-hydrogen) atoms. The first-order valence-corrected chi connectivity index (χ1v) is 10.0. The lowest BCUT2D eigenvalue weighted by Crippen LogP contribution is -2.35. The average molecular weight is 450 g/mol. The van der Waals surface area contributed by atoms with Crippen molar-refractivity contribution in [3.63, 3.8) is 0 Å². The van der Waals surface area contributed by atoms with Crippen LogP contribution in [0.1, 0.15) is 31.8 Å². The molecule has 7 nitrogen and oxygen atoms in total. The molecule has 8 heteroatoms. The minimum absolute atomic E-state index is 0.205. The summed E-state index contributed by atoms with van der Waals surface area (Å²) >= 11 is 5.88. The SMILES string of the molecule is Cc1ccccc1C(=O)NCC(=O)N/N=C/c1ccc(OC(=O)c2cccc(Cl)c2)cc1. The van der Waals surface area contributed by atoms with Crippen LogP contribution in [0.4, 0.5) is 0 Å². The molecular formula is C24H20ClN3O4. The third kappa shape index (κ3) is 6.52. The molecular weight excluding hydrogens is 430 g/mol. The number of aryl methyl sites for hydroxylation is 1. The molecule has 0 saturated heterocycles. The Kier molecular flexibility index (Phi) is 7.72. The highest BCUT2D eigenvalue weighted by Gasteiger charge is 2.10. The summed E-state index contributed by atoms with van der Waals surface area (Å²) in [7, 11) is 0. The molecule has 0 bridgehead atoms. The number of ether oxygens (including phenoxy) is 1. The van der Waals surface area contributed by atoms with Crippen molar-refractivity contribution >= 4 is 35.6 Å². The minimum Gasteiger partial charge on any atom is -0.423 e. The number of nitrogens with zero attached hydrogens (tertiary/aromatic N) is 1. The molecule has 0 aliphatic rings. The maximum absolute atomic E-state index is 12.1. The van der Waals surface area contributed by atoms with Crippen molar-refractivity contribution in [2.75, 3.05) is 6.54 Å². The van der Waals surface area contributed by atoms with Gasteiger partial charge in [0, 0.05) is 10.6 Å². The van der Waals surface area contributed by atoms with Crippen LogP contribution in [0.5, 0.6) is 5.75 Å². The Morgan fingerprint density at radius 2 is 1.75 bits per heavy atom. The van der Waals surface area contributed by atoms with Crippen LogP contribution in [-0.2, 0) is 4.79 Å². The van der Waals surface area contributed by atoms with Crippen molar-refractivity contribution in [1.29, 1.82) is 0 Å². The largest absolute Gasteiger partial charge is 0.423 e. The lowest BCUT2D eigenvalue weighted by atomic mass is 10.1. The molecule has 0 unspecified atom stereocenters. The van der Waals surface area contributed by atoms with E-state index in [0.717, 1.165) is 5.56 Å². The maximum atomic E-state index is 12.1. The Hall–Kier alpha value is -3.97. The molecule has 2 N–H and O–H groups in total. The molecule has 3 rings (SSSR count). The third-order valence-corrected chi connectivity index (χ3v) is 4.59. The monoisotopic (exact) mass is 449 g/mol. The second-order valence-corrected chi connectivity index (χ2v) is 7.20. The van der Waals surface area contributed by atoms with Gasteiger partial charge in [-0.25, -0.2) is 10.2 Å². The Balaban J connectivity index is 1.46. The molecule has 3 aromatic carbocycles.